The molecule has 2 N–H and O–H groups in total. The molecule has 1 heterocycles. The average Bonchev–Trinajstić information content (AvgIpc) is 2.76. The first-order valence-corrected chi connectivity index (χ1v) is 10.4. The van der Waals surface area contributed by atoms with Crippen molar-refractivity contribution in [2.45, 2.75) is 19.4 Å². The molecule has 32 heavy (non-hydrogen) atoms. The van der Waals surface area contributed by atoms with Gasteiger partial charge in [-0.2, -0.15) is 0 Å². The predicted molar refractivity (Wildman–Crippen MR) is 123 cm³/mol. The predicted octanol–water partition coefficient (Wildman–Crippen LogP) is 4.39. The van der Waals surface area contributed by atoms with Gasteiger partial charge in [0.2, 0.25) is 5.91 Å². The second-order valence-corrected chi connectivity index (χ2v) is 7.99. The summed E-state index contributed by atoms with van der Waals surface area (Å²) in [4.78, 5) is 43.3. The first kappa shape index (κ1) is 23.3. The summed E-state index contributed by atoms with van der Waals surface area (Å²) in [5.74, 6) is -0.725. The van der Waals surface area contributed by atoms with E-state index < -0.39 is 17.9 Å². The molecule has 1 aromatic heterocycles. The van der Waals surface area contributed by atoms with Crippen LogP contribution in [0.5, 0.6) is 0 Å². The van der Waals surface area contributed by atoms with Crippen LogP contribution in [0.3, 0.4) is 0 Å². The zero-order chi connectivity index (χ0) is 23.4. The molecule has 0 saturated heterocycles. The van der Waals surface area contributed by atoms with Crippen LogP contribution in [0.1, 0.15) is 24.9 Å². The van der Waals surface area contributed by atoms with Crippen LogP contribution >= 0.6 is 11.6 Å². The summed E-state index contributed by atoms with van der Waals surface area (Å²) in [6.45, 7) is 1.95. The van der Waals surface area contributed by atoms with Crippen molar-refractivity contribution in [3.63, 3.8) is 0 Å². The third kappa shape index (κ3) is 5.08. The number of aromatic amines is 1. The summed E-state index contributed by atoms with van der Waals surface area (Å²) in [5.41, 5.74) is 0.824. The highest BCUT2D eigenvalue weighted by atomic mass is 35.5. The zero-order valence-corrected chi connectivity index (χ0v) is 18.7. The zero-order valence-electron chi connectivity index (χ0n) is 18.0. The molecule has 1 atom stereocenters. The van der Waals surface area contributed by atoms with E-state index in [-0.39, 0.29) is 29.5 Å². The van der Waals surface area contributed by atoms with Gasteiger partial charge in [-0.05, 0) is 42.1 Å². The molecule has 168 valence electrons. The lowest BCUT2D eigenvalue weighted by Gasteiger charge is -2.30. The van der Waals surface area contributed by atoms with E-state index in [2.05, 4.69) is 10.3 Å². The summed E-state index contributed by atoms with van der Waals surface area (Å²) in [6, 6.07) is 10.0. The quantitative estimate of drug-likeness (QED) is 0.574. The number of urea groups is 1. The van der Waals surface area contributed by atoms with Crippen LogP contribution in [-0.2, 0) is 4.79 Å². The van der Waals surface area contributed by atoms with Crippen molar-refractivity contribution in [1.82, 2.24) is 14.8 Å². The first-order chi connectivity index (χ1) is 15.2. The number of nitrogens with zero attached hydrogens (tertiary/aromatic N) is 2. The van der Waals surface area contributed by atoms with Crippen LogP contribution in [0.25, 0.3) is 10.8 Å². The maximum absolute atomic E-state index is 13.5. The van der Waals surface area contributed by atoms with Crippen molar-refractivity contribution < 1.29 is 14.0 Å². The lowest BCUT2D eigenvalue weighted by atomic mass is 10.0. The molecular formula is C23H24ClFN4O3. The summed E-state index contributed by atoms with van der Waals surface area (Å²) in [7, 11) is 3.29. The molecule has 3 rings (SSSR count). The van der Waals surface area contributed by atoms with Gasteiger partial charge in [-0.15, -0.1) is 0 Å². The third-order valence-electron chi connectivity index (χ3n) is 5.26. The highest BCUT2D eigenvalue weighted by Crippen LogP contribution is 2.27. The van der Waals surface area contributed by atoms with E-state index in [4.69, 9.17) is 11.6 Å². The van der Waals surface area contributed by atoms with Gasteiger partial charge in [0.05, 0.1) is 11.1 Å². The molecule has 0 bridgehead atoms. The van der Waals surface area contributed by atoms with Crippen molar-refractivity contribution in [2.75, 3.05) is 26.0 Å². The molecule has 0 spiro atoms. The Morgan fingerprint density at radius 3 is 2.50 bits per heavy atom. The summed E-state index contributed by atoms with van der Waals surface area (Å²) in [5, 5.41) is 3.82. The maximum Gasteiger partial charge on any atom is 0.322 e. The summed E-state index contributed by atoms with van der Waals surface area (Å²) in [6.07, 6.45) is 1.69. The molecule has 0 fully saturated rings. The molecule has 9 heteroatoms. The Labute approximate surface area is 189 Å². The van der Waals surface area contributed by atoms with Crippen LogP contribution in [0.2, 0.25) is 5.02 Å². The fraction of sp³-hybridized carbons (Fsp3) is 0.261. The molecule has 0 aliphatic heterocycles. The number of anilines is 1. The number of rotatable bonds is 6. The summed E-state index contributed by atoms with van der Waals surface area (Å²) >= 11 is 5.83. The minimum absolute atomic E-state index is 0.107. The number of pyridine rings is 1. The average molecular weight is 459 g/mol. The number of hydrogen-bond donors (Lipinski definition) is 2. The van der Waals surface area contributed by atoms with E-state index in [1.165, 1.54) is 21.9 Å². The number of carbonyl (C=O) groups is 2. The molecular weight excluding hydrogens is 435 g/mol. The Hall–Kier alpha value is -3.39. The minimum atomic E-state index is -0.592. The van der Waals surface area contributed by atoms with Gasteiger partial charge < -0.3 is 20.1 Å². The third-order valence-corrected chi connectivity index (χ3v) is 5.55. The number of nitrogens with one attached hydrogen (secondary N) is 2. The Bertz CT molecular complexity index is 1210. The van der Waals surface area contributed by atoms with Gasteiger partial charge in [0.15, 0.2) is 0 Å². The van der Waals surface area contributed by atoms with Gasteiger partial charge in [-0.3, -0.25) is 9.59 Å². The van der Waals surface area contributed by atoms with Gasteiger partial charge in [0.25, 0.3) is 5.56 Å². The van der Waals surface area contributed by atoms with Gasteiger partial charge in [-0.1, -0.05) is 29.8 Å². The molecule has 1 unspecified atom stereocenters. The van der Waals surface area contributed by atoms with Crippen LogP contribution in [0.4, 0.5) is 14.9 Å². The van der Waals surface area contributed by atoms with Crippen molar-refractivity contribution in [2.24, 2.45) is 0 Å². The summed E-state index contributed by atoms with van der Waals surface area (Å²) < 4.78 is 13.5. The number of hydrogen-bond acceptors (Lipinski definition) is 3. The van der Waals surface area contributed by atoms with Crippen molar-refractivity contribution in [3.8, 4) is 0 Å². The van der Waals surface area contributed by atoms with E-state index in [1.54, 1.807) is 32.4 Å². The maximum atomic E-state index is 13.5. The highest BCUT2D eigenvalue weighted by Gasteiger charge is 2.25. The number of aromatic nitrogens is 1. The molecule has 0 saturated carbocycles. The molecule has 3 amide bonds. The number of fused-ring (bicyclic) bond motifs is 1. The largest absolute Gasteiger partial charge is 0.349 e. The molecule has 0 radical (unpaired) electrons. The van der Waals surface area contributed by atoms with Gasteiger partial charge in [0.1, 0.15) is 5.82 Å². The Morgan fingerprint density at radius 1 is 1.16 bits per heavy atom. The molecule has 7 nitrogen and oxygen atoms in total. The van der Waals surface area contributed by atoms with Crippen LogP contribution in [0, 0.1) is 5.82 Å². The molecule has 3 aromatic rings. The fourth-order valence-corrected chi connectivity index (χ4v) is 3.61. The molecule has 0 aliphatic carbocycles. The minimum Gasteiger partial charge on any atom is -0.349 e. The van der Waals surface area contributed by atoms with E-state index in [1.807, 2.05) is 19.1 Å². The lowest BCUT2D eigenvalue weighted by Crippen LogP contribution is -2.39. The van der Waals surface area contributed by atoms with E-state index in [0.717, 1.165) is 11.6 Å². The normalized spacial score (nSPS) is 11.8. The standard InChI is InChI=1S/C23H24ClFN4O3/c1-14(18-13-26-22(31)17-7-5-4-6-16(17)18)29(11-10-21(30)28(2)3)23(32)27-15-8-9-20(25)19(24)12-15/h4-9,12-14H,10-11H2,1-3H3,(H,26,31)(H,27,32). The highest BCUT2D eigenvalue weighted by molar-refractivity contribution is 6.31. The van der Waals surface area contributed by atoms with Crippen molar-refractivity contribution in [3.05, 3.63) is 75.4 Å². The number of H-pyrrole nitrogens is 1. The van der Waals surface area contributed by atoms with Crippen molar-refractivity contribution >= 4 is 40.0 Å². The number of carbonyl (C=O) groups excluding carboxylic acids is 2. The Kier molecular flexibility index (Phi) is 7.15. The Balaban J connectivity index is 1.95. The van der Waals surface area contributed by atoms with E-state index in [0.29, 0.717) is 16.5 Å². The second kappa shape index (κ2) is 9.82. The topological polar surface area (TPSA) is 85.5 Å². The van der Waals surface area contributed by atoms with E-state index in [9.17, 15) is 18.8 Å². The first-order valence-electron chi connectivity index (χ1n) is 10.0. The molecule has 0 aliphatic rings. The number of amides is 3. The SMILES string of the molecule is CC(c1c[nH]c(=O)c2ccccc12)N(CCC(=O)N(C)C)C(=O)Nc1ccc(F)c(Cl)c1. The van der Waals surface area contributed by atoms with Gasteiger partial charge in [-0.25, -0.2) is 9.18 Å². The van der Waals surface area contributed by atoms with Crippen LogP contribution in [-0.4, -0.2) is 47.4 Å². The van der Waals surface area contributed by atoms with Gasteiger partial charge in [0, 0.05) is 44.3 Å². The Morgan fingerprint density at radius 2 is 1.84 bits per heavy atom. The number of halogens is 2. The fourth-order valence-electron chi connectivity index (χ4n) is 3.43. The van der Waals surface area contributed by atoms with E-state index >= 15 is 0 Å². The van der Waals surface area contributed by atoms with Crippen LogP contribution in [0.15, 0.2) is 53.5 Å². The second-order valence-electron chi connectivity index (χ2n) is 7.59. The van der Waals surface area contributed by atoms with Gasteiger partial charge >= 0.3 is 6.03 Å². The lowest BCUT2D eigenvalue weighted by molar-refractivity contribution is -0.128. The smallest absolute Gasteiger partial charge is 0.322 e. The number of benzene rings is 2. The molecule has 2 aromatic carbocycles. The monoisotopic (exact) mass is 458 g/mol. The van der Waals surface area contributed by atoms with Crippen molar-refractivity contribution in [1.29, 1.82) is 0 Å². The van der Waals surface area contributed by atoms with Crippen LogP contribution < -0.4 is 10.9 Å².